The molecular formula is C21H23N5O2S. The van der Waals surface area contributed by atoms with Gasteiger partial charge in [-0.05, 0) is 36.8 Å². The minimum Gasteiger partial charge on any atom is -0.378 e. The Labute approximate surface area is 173 Å². The van der Waals surface area contributed by atoms with E-state index >= 15 is 0 Å². The standard InChI is InChI=1S/C21H23N5O2S/c1-15-4-2-3-5-18(15)20-23-21(25-24-20)29-14-19(27)22-16-6-8-17(9-7-16)26-10-12-28-13-11-26/h2-9H,10-14H2,1H3,(H,22,27)(H,23,24,25). The van der Waals surface area contributed by atoms with E-state index in [2.05, 4.69) is 25.4 Å². The van der Waals surface area contributed by atoms with Gasteiger partial charge >= 0.3 is 0 Å². The molecule has 0 saturated carbocycles. The molecule has 0 unspecified atom stereocenters. The molecule has 0 bridgehead atoms. The van der Waals surface area contributed by atoms with Crippen molar-refractivity contribution in [2.24, 2.45) is 0 Å². The second-order valence-corrected chi connectivity index (χ2v) is 7.71. The van der Waals surface area contributed by atoms with Crippen LogP contribution in [0.4, 0.5) is 11.4 Å². The van der Waals surface area contributed by atoms with Gasteiger partial charge in [0.05, 0.1) is 19.0 Å². The fourth-order valence-electron chi connectivity index (χ4n) is 3.17. The Morgan fingerprint density at radius 3 is 2.69 bits per heavy atom. The lowest BCUT2D eigenvalue weighted by Gasteiger charge is -2.28. The lowest BCUT2D eigenvalue weighted by atomic mass is 10.1. The molecule has 2 aromatic carbocycles. The molecule has 150 valence electrons. The molecule has 1 aliphatic heterocycles. The molecule has 1 saturated heterocycles. The minimum atomic E-state index is -0.0867. The summed E-state index contributed by atoms with van der Waals surface area (Å²) >= 11 is 1.31. The van der Waals surface area contributed by atoms with Gasteiger partial charge in [0.15, 0.2) is 5.82 Å². The molecule has 2 N–H and O–H groups in total. The van der Waals surface area contributed by atoms with Crippen molar-refractivity contribution < 1.29 is 9.53 Å². The molecule has 2 heterocycles. The van der Waals surface area contributed by atoms with Crippen molar-refractivity contribution in [3.05, 3.63) is 54.1 Å². The number of benzene rings is 2. The number of nitrogens with zero attached hydrogens (tertiary/aromatic N) is 3. The Hall–Kier alpha value is -2.84. The van der Waals surface area contributed by atoms with Crippen molar-refractivity contribution in [2.75, 3.05) is 42.3 Å². The highest BCUT2D eigenvalue weighted by molar-refractivity contribution is 7.99. The van der Waals surface area contributed by atoms with Crippen LogP contribution in [0.2, 0.25) is 0 Å². The zero-order chi connectivity index (χ0) is 20.1. The number of carbonyl (C=O) groups is 1. The number of anilines is 2. The van der Waals surface area contributed by atoms with Gasteiger partial charge in [-0.2, -0.15) is 0 Å². The molecule has 3 aromatic rings. The van der Waals surface area contributed by atoms with Gasteiger partial charge in [0.2, 0.25) is 11.1 Å². The molecule has 8 heteroatoms. The maximum absolute atomic E-state index is 12.3. The van der Waals surface area contributed by atoms with Crippen LogP contribution < -0.4 is 10.2 Å². The molecule has 1 aromatic heterocycles. The number of rotatable bonds is 6. The van der Waals surface area contributed by atoms with Gasteiger partial charge in [-0.1, -0.05) is 36.0 Å². The Kier molecular flexibility index (Phi) is 6.12. The van der Waals surface area contributed by atoms with E-state index in [4.69, 9.17) is 4.74 Å². The molecule has 0 atom stereocenters. The smallest absolute Gasteiger partial charge is 0.234 e. The van der Waals surface area contributed by atoms with Gasteiger partial charge in [0, 0.05) is 30.0 Å². The van der Waals surface area contributed by atoms with Crippen molar-refractivity contribution in [1.82, 2.24) is 15.2 Å². The molecule has 4 rings (SSSR count). The van der Waals surface area contributed by atoms with Gasteiger partial charge in [-0.25, -0.2) is 4.98 Å². The number of aromatic amines is 1. The lowest BCUT2D eigenvalue weighted by molar-refractivity contribution is -0.113. The van der Waals surface area contributed by atoms with E-state index in [1.807, 2.05) is 55.5 Å². The van der Waals surface area contributed by atoms with E-state index in [9.17, 15) is 4.79 Å². The molecule has 1 fully saturated rings. The Balaban J connectivity index is 1.30. The number of amides is 1. The summed E-state index contributed by atoms with van der Waals surface area (Å²) in [7, 11) is 0. The second-order valence-electron chi connectivity index (χ2n) is 6.76. The molecule has 7 nitrogen and oxygen atoms in total. The predicted octanol–water partition coefficient (Wildman–Crippen LogP) is 3.35. The Morgan fingerprint density at radius 1 is 1.17 bits per heavy atom. The fraction of sp³-hybridized carbons (Fsp3) is 0.286. The maximum atomic E-state index is 12.3. The average molecular weight is 410 g/mol. The largest absolute Gasteiger partial charge is 0.378 e. The third-order valence-corrected chi connectivity index (χ3v) is 5.57. The number of carbonyl (C=O) groups excluding carboxylic acids is 1. The van der Waals surface area contributed by atoms with Crippen molar-refractivity contribution in [3.8, 4) is 11.4 Å². The molecule has 0 radical (unpaired) electrons. The summed E-state index contributed by atoms with van der Waals surface area (Å²) in [4.78, 5) is 19.0. The van der Waals surface area contributed by atoms with Gasteiger partial charge in [0.25, 0.3) is 0 Å². The van der Waals surface area contributed by atoms with Gasteiger partial charge in [-0.15, -0.1) is 5.10 Å². The summed E-state index contributed by atoms with van der Waals surface area (Å²) in [6.45, 7) is 5.32. The summed E-state index contributed by atoms with van der Waals surface area (Å²) in [6.07, 6.45) is 0. The predicted molar refractivity (Wildman–Crippen MR) is 115 cm³/mol. The monoisotopic (exact) mass is 409 g/mol. The van der Waals surface area contributed by atoms with Crippen molar-refractivity contribution >= 4 is 29.0 Å². The van der Waals surface area contributed by atoms with Crippen molar-refractivity contribution in [2.45, 2.75) is 12.1 Å². The molecule has 1 aliphatic rings. The summed E-state index contributed by atoms with van der Waals surface area (Å²) in [5.41, 5.74) is 4.06. The van der Waals surface area contributed by atoms with Crippen LogP contribution in [0, 0.1) is 6.92 Å². The SMILES string of the molecule is Cc1ccccc1-c1nc(SCC(=O)Nc2ccc(N3CCOCC3)cc2)n[nH]1. The van der Waals surface area contributed by atoms with Crippen LogP contribution in [-0.4, -0.2) is 53.1 Å². The van der Waals surface area contributed by atoms with Crippen LogP contribution in [0.5, 0.6) is 0 Å². The Morgan fingerprint density at radius 2 is 1.93 bits per heavy atom. The molecule has 1 amide bonds. The highest BCUT2D eigenvalue weighted by atomic mass is 32.2. The topological polar surface area (TPSA) is 83.1 Å². The normalized spacial score (nSPS) is 14.0. The van der Waals surface area contributed by atoms with E-state index in [1.54, 1.807) is 0 Å². The van der Waals surface area contributed by atoms with Crippen LogP contribution in [0.1, 0.15) is 5.56 Å². The van der Waals surface area contributed by atoms with E-state index in [0.717, 1.165) is 48.8 Å². The fourth-order valence-corrected chi connectivity index (χ4v) is 3.77. The number of aromatic nitrogens is 3. The number of hydrogen-bond acceptors (Lipinski definition) is 6. The number of morpholine rings is 1. The van der Waals surface area contributed by atoms with Crippen molar-refractivity contribution in [1.29, 1.82) is 0 Å². The second kappa shape index (κ2) is 9.11. The van der Waals surface area contributed by atoms with E-state index in [1.165, 1.54) is 11.8 Å². The Bertz CT molecular complexity index is 967. The van der Waals surface area contributed by atoms with Crippen LogP contribution in [0.3, 0.4) is 0 Å². The number of ether oxygens (including phenoxy) is 1. The van der Waals surface area contributed by atoms with Crippen LogP contribution in [-0.2, 0) is 9.53 Å². The lowest BCUT2D eigenvalue weighted by Crippen LogP contribution is -2.36. The highest BCUT2D eigenvalue weighted by Gasteiger charge is 2.12. The number of nitrogens with one attached hydrogen (secondary N) is 2. The van der Waals surface area contributed by atoms with Gasteiger partial charge in [-0.3, -0.25) is 9.89 Å². The number of H-pyrrole nitrogens is 1. The quantitative estimate of drug-likeness (QED) is 0.608. The summed E-state index contributed by atoms with van der Waals surface area (Å²) in [5.74, 6) is 0.872. The van der Waals surface area contributed by atoms with Crippen molar-refractivity contribution in [3.63, 3.8) is 0 Å². The summed E-state index contributed by atoms with van der Waals surface area (Å²) in [5, 5.41) is 10.6. The number of aryl methyl sites for hydroxylation is 1. The molecule has 0 aliphatic carbocycles. The molecular weight excluding hydrogens is 386 g/mol. The first-order valence-corrected chi connectivity index (χ1v) is 10.5. The third kappa shape index (κ3) is 4.96. The highest BCUT2D eigenvalue weighted by Crippen LogP contribution is 2.23. The van der Waals surface area contributed by atoms with Crippen LogP contribution in [0.15, 0.2) is 53.7 Å². The summed E-state index contributed by atoms with van der Waals surface area (Å²) in [6, 6.07) is 15.9. The molecule has 0 spiro atoms. The minimum absolute atomic E-state index is 0.0867. The van der Waals surface area contributed by atoms with Gasteiger partial charge < -0.3 is 15.0 Å². The molecule has 29 heavy (non-hydrogen) atoms. The zero-order valence-corrected chi connectivity index (χ0v) is 17.0. The first-order valence-electron chi connectivity index (χ1n) is 9.53. The van der Waals surface area contributed by atoms with E-state index in [-0.39, 0.29) is 11.7 Å². The van der Waals surface area contributed by atoms with E-state index < -0.39 is 0 Å². The van der Waals surface area contributed by atoms with Gasteiger partial charge in [0.1, 0.15) is 0 Å². The maximum Gasteiger partial charge on any atom is 0.234 e. The third-order valence-electron chi connectivity index (χ3n) is 4.72. The van der Waals surface area contributed by atoms with E-state index in [0.29, 0.717) is 11.0 Å². The number of hydrogen-bond donors (Lipinski definition) is 2. The first-order chi connectivity index (χ1) is 14.2. The zero-order valence-electron chi connectivity index (χ0n) is 16.2. The first kappa shape index (κ1) is 19.5. The average Bonchev–Trinajstić information content (AvgIpc) is 3.23. The van der Waals surface area contributed by atoms with Crippen LogP contribution >= 0.6 is 11.8 Å². The van der Waals surface area contributed by atoms with Crippen LogP contribution in [0.25, 0.3) is 11.4 Å². The number of thioether (sulfide) groups is 1. The summed E-state index contributed by atoms with van der Waals surface area (Å²) < 4.78 is 5.38.